The van der Waals surface area contributed by atoms with Gasteiger partial charge in [0.1, 0.15) is 11.5 Å². The van der Waals surface area contributed by atoms with Crippen molar-refractivity contribution in [1.29, 1.82) is 0 Å². The largest absolute Gasteiger partial charge is 0.377 e. The maximum atomic E-state index is 14.2. The monoisotopic (exact) mass is 456 g/mol. The number of carbonyl (C=O) groups is 2. The number of nitrogens with zero attached hydrogens (tertiary/aromatic N) is 2. The van der Waals surface area contributed by atoms with Gasteiger partial charge < -0.3 is 19.9 Å². The molecule has 1 aliphatic carbocycles. The number of ether oxygens (including phenoxy) is 1. The molecule has 8 heteroatoms. The van der Waals surface area contributed by atoms with Gasteiger partial charge in [0.25, 0.3) is 5.91 Å². The van der Waals surface area contributed by atoms with Crippen LogP contribution in [0.1, 0.15) is 55.1 Å². The SMILES string of the molecule is CC(=O)N(C1COC1)C1CCN([C@H]2CCC[C@@H](NC(=O)c3cc4c(F)ccc(C)c4[nH]3)C2)C1. The van der Waals surface area contributed by atoms with E-state index in [9.17, 15) is 14.0 Å². The Morgan fingerprint density at radius 2 is 2.03 bits per heavy atom. The molecule has 0 spiro atoms. The molecule has 3 fully saturated rings. The lowest BCUT2D eigenvalue weighted by Gasteiger charge is -2.41. The quantitative estimate of drug-likeness (QED) is 0.725. The van der Waals surface area contributed by atoms with Gasteiger partial charge in [-0.2, -0.15) is 0 Å². The molecule has 33 heavy (non-hydrogen) atoms. The number of benzene rings is 1. The summed E-state index contributed by atoms with van der Waals surface area (Å²) >= 11 is 0. The van der Waals surface area contributed by atoms with Crippen molar-refractivity contribution in [3.8, 4) is 0 Å². The third-order valence-corrected chi connectivity index (χ3v) is 7.66. The normalized spacial score (nSPS) is 26.3. The van der Waals surface area contributed by atoms with Gasteiger partial charge in [-0.15, -0.1) is 0 Å². The predicted octanol–water partition coefficient (Wildman–Crippen LogP) is 2.98. The number of hydrogen-bond acceptors (Lipinski definition) is 4. The van der Waals surface area contributed by atoms with E-state index in [0.717, 1.165) is 50.8 Å². The minimum atomic E-state index is -0.319. The van der Waals surface area contributed by atoms with Crippen molar-refractivity contribution in [1.82, 2.24) is 20.1 Å². The van der Waals surface area contributed by atoms with Crippen LogP contribution in [0.25, 0.3) is 10.9 Å². The van der Waals surface area contributed by atoms with E-state index >= 15 is 0 Å². The Balaban J connectivity index is 1.21. The average Bonchev–Trinajstić information content (AvgIpc) is 3.42. The van der Waals surface area contributed by atoms with Crippen LogP contribution in [0, 0.1) is 12.7 Å². The van der Waals surface area contributed by atoms with Gasteiger partial charge in [-0.05, 0) is 56.7 Å². The van der Waals surface area contributed by atoms with Crippen molar-refractivity contribution in [2.45, 2.75) is 70.1 Å². The highest BCUT2D eigenvalue weighted by Crippen LogP contribution is 2.30. The van der Waals surface area contributed by atoms with Gasteiger partial charge in [0.15, 0.2) is 0 Å². The Morgan fingerprint density at radius 1 is 1.21 bits per heavy atom. The lowest BCUT2D eigenvalue weighted by Crippen LogP contribution is -2.56. The Kier molecular flexibility index (Phi) is 6.14. The fourth-order valence-corrected chi connectivity index (χ4v) is 5.86. The molecular weight excluding hydrogens is 423 g/mol. The number of aromatic nitrogens is 1. The number of likely N-dealkylation sites (tertiary alicyclic amines) is 1. The summed E-state index contributed by atoms with van der Waals surface area (Å²) < 4.78 is 19.5. The second-order valence-corrected chi connectivity index (χ2v) is 9.88. The van der Waals surface area contributed by atoms with Gasteiger partial charge in [-0.3, -0.25) is 14.5 Å². The van der Waals surface area contributed by atoms with Crippen LogP contribution in [0.5, 0.6) is 0 Å². The van der Waals surface area contributed by atoms with E-state index in [4.69, 9.17) is 4.74 Å². The molecule has 5 rings (SSSR count). The molecular formula is C25H33FN4O3. The molecule has 2 aliphatic heterocycles. The van der Waals surface area contributed by atoms with Crippen LogP contribution in [-0.2, 0) is 9.53 Å². The minimum Gasteiger partial charge on any atom is -0.377 e. The Bertz CT molecular complexity index is 1010. The van der Waals surface area contributed by atoms with Crippen LogP contribution in [0.3, 0.4) is 0 Å². The molecule has 0 radical (unpaired) electrons. The van der Waals surface area contributed by atoms with Gasteiger partial charge in [0.2, 0.25) is 5.91 Å². The van der Waals surface area contributed by atoms with Crippen molar-refractivity contribution >= 4 is 22.7 Å². The lowest BCUT2D eigenvalue weighted by molar-refractivity contribution is -0.146. The first-order valence-electron chi connectivity index (χ1n) is 12.1. The number of aromatic amines is 1. The van der Waals surface area contributed by atoms with Gasteiger partial charge >= 0.3 is 0 Å². The van der Waals surface area contributed by atoms with Crippen molar-refractivity contribution in [3.63, 3.8) is 0 Å². The number of H-pyrrole nitrogens is 1. The van der Waals surface area contributed by atoms with Crippen LogP contribution >= 0.6 is 0 Å². The Hall–Kier alpha value is -2.45. The molecule has 3 heterocycles. The summed E-state index contributed by atoms with van der Waals surface area (Å²) in [5.74, 6) is -0.364. The zero-order valence-corrected chi connectivity index (χ0v) is 19.4. The summed E-state index contributed by atoms with van der Waals surface area (Å²) in [7, 11) is 0. The molecule has 7 nitrogen and oxygen atoms in total. The van der Waals surface area contributed by atoms with Crippen LogP contribution in [-0.4, -0.2) is 77.1 Å². The zero-order valence-electron chi connectivity index (χ0n) is 19.4. The first-order valence-corrected chi connectivity index (χ1v) is 12.1. The number of halogens is 1. The molecule has 1 saturated carbocycles. The van der Waals surface area contributed by atoms with Gasteiger partial charge in [0, 0.05) is 43.5 Å². The topological polar surface area (TPSA) is 77.7 Å². The molecule has 3 aliphatic rings. The van der Waals surface area contributed by atoms with E-state index in [-0.39, 0.29) is 35.8 Å². The van der Waals surface area contributed by atoms with Gasteiger partial charge in [-0.1, -0.05) is 6.07 Å². The van der Waals surface area contributed by atoms with Gasteiger partial charge in [0.05, 0.1) is 24.8 Å². The number of carbonyl (C=O) groups excluding carboxylic acids is 2. The number of rotatable bonds is 5. The second-order valence-electron chi connectivity index (χ2n) is 9.88. The average molecular weight is 457 g/mol. The van der Waals surface area contributed by atoms with Crippen LogP contribution < -0.4 is 5.32 Å². The molecule has 2 amide bonds. The van der Waals surface area contributed by atoms with Crippen molar-refractivity contribution < 1.29 is 18.7 Å². The molecule has 3 atom stereocenters. The van der Waals surface area contributed by atoms with Crippen LogP contribution in [0.2, 0.25) is 0 Å². The fraction of sp³-hybridized carbons (Fsp3) is 0.600. The van der Waals surface area contributed by atoms with Gasteiger partial charge in [-0.25, -0.2) is 4.39 Å². The highest BCUT2D eigenvalue weighted by Gasteiger charge is 2.39. The first kappa shape index (κ1) is 22.3. The standard InChI is InChI=1S/C25H33FN4O3/c1-15-6-7-22(26)21-11-23(28-24(15)21)25(32)27-17-4-3-5-18(10-17)29-9-8-19(12-29)30(16(2)31)20-13-33-14-20/h6-7,11,17-20,28H,3-5,8-10,12-14H2,1-2H3,(H,27,32)/t17-,18+,19?/m1/s1. The molecule has 2 aromatic rings. The summed E-state index contributed by atoms with van der Waals surface area (Å²) in [4.78, 5) is 32.8. The molecule has 0 bridgehead atoms. The van der Waals surface area contributed by atoms with Crippen molar-refractivity contribution in [3.05, 3.63) is 35.3 Å². The first-order chi connectivity index (χ1) is 15.9. The smallest absolute Gasteiger partial charge is 0.267 e. The van der Waals surface area contributed by atoms with Crippen LogP contribution in [0.15, 0.2) is 18.2 Å². The summed E-state index contributed by atoms with van der Waals surface area (Å²) in [5.41, 5.74) is 2.00. The summed E-state index contributed by atoms with van der Waals surface area (Å²) in [5, 5.41) is 3.63. The summed E-state index contributed by atoms with van der Waals surface area (Å²) in [6.45, 7) is 6.72. The highest BCUT2D eigenvalue weighted by atomic mass is 19.1. The zero-order chi connectivity index (χ0) is 23.1. The minimum absolute atomic E-state index is 0.0941. The molecule has 2 saturated heterocycles. The number of nitrogens with one attached hydrogen (secondary N) is 2. The fourth-order valence-electron chi connectivity index (χ4n) is 5.86. The van der Waals surface area contributed by atoms with Crippen LogP contribution in [0.4, 0.5) is 4.39 Å². The Morgan fingerprint density at radius 3 is 2.73 bits per heavy atom. The predicted molar refractivity (Wildman–Crippen MR) is 124 cm³/mol. The summed E-state index contributed by atoms with van der Waals surface area (Å²) in [6.07, 6.45) is 5.01. The number of aryl methyl sites for hydroxylation is 1. The third-order valence-electron chi connectivity index (χ3n) is 7.66. The van der Waals surface area contributed by atoms with E-state index < -0.39 is 0 Å². The Labute approximate surface area is 193 Å². The van der Waals surface area contributed by atoms with Crippen molar-refractivity contribution in [2.75, 3.05) is 26.3 Å². The van der Waals surface area contributed by atoms with E-state index in [1.165, 1.54) is 6.07 Å². The highest BCUT2D eigenvalue weighted by molar-refractivity contribution is 5.99. The van der Waals surface area contributed by atoms with E-state index in [1.54, 1.807) is 19.1 Å². The molecule has 2 N–H and O–H groups in total. The van der Waals surface area contributed by atoms with E-state index in [1.807, 2.05) is 11.8 Å². The maximum Gasteiger partial charge on any atom is 0.267 e. The second kappa shape index (κ2) is 9.06. The van der Waals surface area contributed by atoms with E-state index in [0.29, 0.717) is 35.9 Å². The molecule has 1 unspecified atom stereocenters. The molecule has 1 aromatic heterocycles. The van der Waals surface area contributed by atoms with E-state index in [2.05, 4.69) is 15.2 Å². The third kappa shape index (κ3) is 4.38. The maximum absolute atomic E-state index is 14.2. The lowest BCUT2D eigenvalue weighted by atomic mass is 9.90. The molecule has 1 aromatic carbocycles. The number of amides is 2. The summed E-state index contributed by atoms with van der Waals surface area (Å²) in [6, 6.07) is 5.73. The number of fused-ring (bicyclic) bond motifs is 1. The molecule has 178 valence electrons. The van der Waals surface area contributed by atoms with Crippen molar-refractivity contribution in [2.24, 2.45) is 0 Å². The number of hydrogen-bond donors (Lipinski definition) is 2.